The lowest BCUT2D eigenvalue weighted by molar-refractivity contribution is -0.115. The largest absolute Gasteiger partial charge is 0.326 e. The Morgan fingerprint density at radius 3 is 2.80 bits per heavy atom. The van der Waals surface area contributed by atoms with Crippen molar-refractivity contribution >= 4 is 34.7 Å². The summed E-state index contributed by atoms with van der Waals surface area (Å²) in [6, 6.07) is 7.75. The second kappa shape index (κ2) is 8.26. The van der Waals surface area contributed by atoms with Crippen LogP contribution in [0.25, 0.3) is 0 Å². The van der Waals surface area contributed by atoms with Crippen LogP contribution >= 0.6 is 23.1 Å². The summed E-state index contributed by atoms with van der Waals surface area (Å²) in [6.07, 6.45) is 1.12. The normalized spacial score (nSPS) is 10.8. The van der Waals surface area contributed by atoms with Crippen LogP contribution in [0.2, 0.25) is 0 Å². The molecule has 0 fully saturated rings. The van der Waals surface area contributed by atoms with Gasteiger partial charge in [0.25, 0.3) is 0 Å². The smallest absolute Gasteiger partial charge is 0.231 e. The van der Waals surface area contributed by atoms with E-state index in [1.54, 1.807) is 0 Å². The Kier molecular flexibility index (Phi) is 5.83. The average Bonchev–Trinajstić information content (AvgIpc) is 3.24. The average molecular weight is 374 g/mol. The van der Waals surface area contributed by atoms with Crippen molar-refractivity contribution in [1.29, 1.82) is 0 Å². The fraction of sp³-hybridized carbons (Fsp3) is 0.294. The summed E-state index contributed by atoms with van der Waals surface area (Å²) in [6.45, 7) is 4.05. The van der Waals surface area contributed by atoms with E-state index in [9.17, 15) is 4.79 Å². The number of aromatic nitrogens is 4. The number of hydrogen-bond acceptors (Lipinski definition) is 6. The minimum Gasteiger partial charge on any atom is -0.326 e. The van der Waals surface area contributed by atoms with Crippen molar-refractivity contribution in [3.63, 3.8) is 0 Å². The predicted molar refractivity (Wildman–Crippen MR) is 101 cm³/mol. The lowest BCUT2D eigenvalue weighted by Crippen LogP contribution is -2.14. The van der Waals surface area contributed by atoms with Crippen molar-refractivity contribution in [3.05, 3.63) is 51.7 Å². The molecule has 2 heterocycles. The van der Waals surface area contributed by atoms with Gasteiger partial charge >= 0.3 is 0 Å². The van der Waals surface area contributed by atoms with E-state index >= 15 is 0 Å². The molecule has 0 saturated heterocycles. The third kappa shape index (κ3) is 5.14. The number of thiazole rings is 1. The summed E-state index contributed by atoms with van der Waals surface area (Å²) in [7, 11) is 0. The number of rotatable bonds is 7. The quantitative estimate of drug-likeness (QED) is 0.618. The van der Waals surface area contributed by atoms with Crippen LogP contribution < -0.4 is 5.32 Å². The molecule has 0 saturated carbocycles. The summed E-state index contributed by atoms with van der Waals surface area (Å²) in [4.78, 5) is 21.0. The summed E-state index contributed by atoms with van der Waals surface area (Å²) in [5.74, 6) is 1.52. The van der Waals surface area contributed by atoms with Crippen molar-refractivity contribution < 1.29 is 4.79 Å². The maximum Gasteiger partial charge on any atom is 0.231 e. The van der Waals surface area contributed by atoms with Gasteiger partial charge < -0.3 is 5.32 Å². The first kappa shape index (κ1) is 17.6. The maximum absolute atomic E-state index is 12.1. The van der Waals surface area contributed by atoms with Gasteiger partial charge in [-0.15, -0.1) is 16.4 Å². The molecule has 25 heavy (non-hydrogen) atoms. The number of aryl methyl sites for hydroxylation is 2. The van der Waals surface area contributed by atoms with E-state index in [0.29, 0.717) is 5.75 Å². The summed E-state index contributed by atoms with van der Waals surface area (Å²) in [5, 5.41) is 13.5. The van der Waals surface area contributed by atoms with E-state index in [2.05, 4.69) is 25.5 Å². The molecule has 2 N–H and O–H groups in total. The number of carbonyl (C=O) groups excluding carboxylic acids is 1. The van der Waals surface area contributed by atoms with Crippen LogP contribution in [-0.2, 0) is 23.4 Å². The van der Waals surface area contributed by atoms with E-state index in [1.165, 1.54) is 23.1 Å². The van der Waals surface area contributed by atoms with E-state index in [1.807, 2.05) is 43.5 Å². The van der Waals surface area contributed by atoms with Crippen LogP contribution in [0.1, 0.15) is 29.0 Å². The fourth-order valence-corrected chi connectivity index (χ4v) is 3.72. The number of nitrogens with zero attached hydrogens (tertiary/aromatic N) is 3. The molecular weight excluding hydrogens is 354 g/mol. The van der Waals surface area contributed by atoms with Crippen LogP contribution in [0.5, 0.6) is 0 Å². The number of nitrogens with one attached hydrogen (secondary N) is 2. The number of anilines is 1. The van der Waals surface area contributed by atoms with Crippen LogP contribution in [0, 0.1) is 6.92 Å². The van der Waals surface area contributed by atoms with Gasteiger partial charge in [0.05, 0.1) is 12.1 Å². The van der Waals surface area contributed by atoms with E-state index < -0.39 is 0 Å². The molecule has 2 aromatic heterocycles. The zero-order valence-electron chi connectivity index (χ0n) is 14.1. The minimum absolute atomic E-state index is 0.0565. The minimum atomic E-state index is -0.0565. The monoisotopic (exact) mass is 373 g/mol. The van der Waals surface area contributed by atoms with Gasteiger partial charge in [0.1, 0.15) is 10.8 Å². The van der Waals surface area contributed by atoms with Crippen LogP contribution in [0.3, 0.4) is 0 Å². The Hall–Kier alpha value is -2.19. The van der Waals surface area contributed by atoms with Gasteiger partial charge in [-0.25, -0.2) is 9.97 Å². The molecule has 0 radical (unpaired) electrons. The number of hydrogen-bond donors (Lipinski definition) is 2. The highest BCUT2D eigenvalue weighted by Crippen LogP contribution is 2.21. The standard InChI is InChI=1S/C17H19N5OS2/c1-3-14-20-17(22-21-14)25-10-13-9-24-16(19-13)8-15(23)18-12-6-4-11(2)5-7-12/h4-7,9H,3,8,10H2,1-2H3,(H,18,23)(H,20,21,22). The summed E-state index contributed by atoms with van der Waals surface area (Å²) < 4.78 is 0. The first-order chi connectivity index (χ1) is 12.1. The zero-order valence-corrected chi connectivity index (χ0v) is 15.7. The van der Waals surface area contributed by atoms with Crippen molar-refractivity contribution in [2.75, 3.05) is 5.32 Å². The van der Waals surface area contributed by atoms with Crippen molar-refractivity contribution in [2.45, 2.75) is 37.6 Å². The van der Waals surface area contributed by atoms with Crippen LogP contribution in [0.15, 0.2) is 34.8 Å². The Morgan fingerprint density at radius 2 is 2.08 bits per heavy atom. The molecule has 1 amide bonds. The van der Waals surface area contributed by atoms with Gasteiger partial charge in [0.15, 0.2) is 0 Å². The number of aromatic amines is 1. The number of amides is 1. The molecule has 3 aromatic rings. The number of benzene rings is 1. The van der Waals surface area contributed by atoms with Gasteiger partial charge in [-0.2, -0.15) is 0 Å². The summed E-state index contributed by atoms with van der Waals surface area (Å²) >= 11 is 3.04. The molecule has 6 nitrogen and oxygen atoms in total. The van der Waals surface area contributed by atoms with Crippen LogP contribution in [-0.4, -0.2) is 26.1 Å². The van der Waals surface area contributed by atoms with Gasteiger partial charge in [-0.1, -0.05) is 36.4 Å². The van der Waals surface area contributed by atoms with Gasteiger partial charge in [-0.3, -0.25) is 9.89 Å². The fourth-order valence-electron chi connectivity index (χ4n) is 2.11. The lowest BCUT2D eigenvalue weighted by atomic mass is 10.2. The number of carbonyl (C=O) groups is 1. The molecule has 0 bridgehead atoms. The molecule has 0 spiro atoms. The van der Waals surface area contributed by atoms with Crippen LogP contribution in [0.4, 0.5) is 5.69 Å². The Balaban J connectivity index is 1.50. The zero-order chi connectivity index (χ0) is 17.6. The Bertz CT molecular complexity index is 841. The molecule has 0 aliphatic carbocycles. The molecule has 0 aliphatic heterocycles. The molecule has 1 aromatic carbocycles. The topological polar surface area (TPSA) is 83.6 Å². The van der Waals surface area contributed by atoms with Gasteiger partial charge in [0, 0.05) is 23.2 Å². The second-order valence-corrected chi connectivity index (χ2v) is 7.42. The predicted octanol–water partition coefficient (Wildman–Crippen LogP) is 3.61. The lowest BCUT2D eigenvalue weighted by Gasteiger charge is -2.04. The molecule has 130 valence electrons. The number of H-pyrrole nitrogens is 1. The van der Waals surface area contributed by atoms with E-state index in [-0.39, 0.29) is 12.3 Å². The second-order valence-electron chi connectivity index (χ2n) is 5.53. The molecular formula is C17H19N5OS2. The first-order valence-corrected chi connectivity index (χ1v) is 9.83. The highest BCUT2D eigenvalue weighted by Gasteiger charge is 2.10. The Labute approximate surface area is 154 Å². The highest BCUT2D eigenvalue weighted by molar-refractivity contribution is 7.98. The first-order valence-electron chi connectivity index (χ1n) is 7.96. The van der Waals surface area contributed by atoms with E-state index in [4.69, 9.17) is 0 Å². The molecule has 0 unspecified atom stereocenters. The highest BCUT2D eigenvalue weighted by atomic mass is 32.2. The third-order valence-electron chi connectivity index (χ3n) is 3.44. The molecule has 0 atom stereocenters. The Morgan fingerprint density at radius 1 is 1.28 bits per heavy atom. The third-order valence-corrected chi connectivity index (χ3v) is 5.22. The van der Waals surface area contributed by atoms with Gasteiger partial charge in [-0.05, 0) is 19.1 Å². The maximum atomic E-state index is 12.1. The van der Waals surface area contributed by atoms with Crippen molar-refractivity contribution in [1.82, 2.24) is 20.2 Å². The van der Waals surface area contributed by atoms with Gasteiger partial charge in [0.2, 0.25) is 11.1 Å². The molecule has 8 heteroatoms. The van der Waals surface area contributed by atoms with Crippen molar-refractivity contribution in [2.24, 2.45) is 0 Å². The molecule has 0 aliphatic rings. The molecule has 3 rings (SSSR count). The summed E-state index contributed by atoms with van der Waals surface area (Å²) in [5.41, 5.74) is 2.91. The van der Waals surface area contributed by atoms with E-state index in [0.717, 1.165) is 39.4 Å². The van der Waals surface area contributed by atoms with Crippen molar-refractivity contribution in [3.8, 4) is 0 Å². The SMILES string of the molecule is CCc1nc(SCc2csc(CC(=O)Nc3ccc(C)cc3)n2)n[nH]1. The number of thioether (sulfide) groups is 1.